The van der Waals surface area contributed by atoms with Crippen molar-refractivity contribution in [3.05, 3.63) is 65.5 Å². The van der Waals surface area contributed by atoms with E-state index in [4.69, 9.17) is 4.74 Å². The summed E-state index contributed by atoms with van der Waals surface area (Å²) in [6, 6.07) is 9.10. The molecule has 0 radical (unpaired) electrons. The van der Waals surface area contributed by atoms with E-state index in [-0.39, 0.29) is 22.7 Å². The lowest BCUT2D eigenvalue weighted by atomic mass is 9.58. The lowest BCUT2D eigenvalue weighted by molar-refractivity contribution is -0.144. The van der Waals surface area contributed by atoms with E-state index in [0.717, 1.165) is 38.5 Å². The maximum Gasteiger partial charge on any atom is 0.0974 e. The minimum absolute atomic E-state index is 0.138. The van der Waals surface area contributed by atoms with Crippen molar-refractivity contribution in [3.63, 3.8) is 0 Å². The van der Waals surface area contributed by atoms with Gasteiger partial charge in [0.25, 0.3) is 0 Å². The molecule has 31 heavy (non-hydrogen) atoms. The van der Waals surface area contributed by atoms with Crippen LogP contribution in [0, 0.1) is 11.3 Å². The fraction of sp³-hybridized carbons (Fsp3) is 0.536. The lowest BCUT2D eigenvalue weighted by Crippen LogP contribution is -2.54. The highest BCUT2D eigenvalue weighted by atomic mass is 16.5. The van der Waals surface area contributed by atoms with Crippen molar-refractivity contribution >= 4 is 10.8 Å². The Balaban J connectivity index is 1.31. The van der Waals surface area contributed by atoms with Gasteiger partial charge in [-0.25, -0.2) is 0 Å². The summed E-state index contributed by atoms with van der Waals surface area (Å²) in [5.74, 6) is 1.10. The Morgan fingerprint density at radius 2 is 2.03 bits per heavy atom. The number of ether oxygens (including phenoxy) is 1. The second-order valence-corrected chi connectivity index (χ2v) is 11.1. The quantitative estimate of drug-likeness (QED) is 0.639. The molecule has 3 unspecified atom stereocenters. The summed E-state index contributed by atoms with van der Waals surface area (Å²) in [7, 11) is 0. The summed E-state index contributed by atoms with van der Waals surface area (Å²) in [5, 5.41) is 13.0. The molecule has 2 bridgehead atoms. The van der Waals surface area contributed by atoms with Gasteiger partial charge < -0.3 is 9.84 Å². The molecular weight excluding hydrogens is 382 g/mol. The zero-order valence-electron chi connectivity index (χ0n) is 18.3. The zero-order chi connectivity index (χ0) is 20.8. The normalized spacial score (nSPS) is 43.1. The third kappa shape index (κ3) is 2.34. The van der Waals surface area contributed by atoms with E-state index in [1.54, 1.807) is 0 Å². The summed E-state index contributed by atoms with van der Waals surface area (Å²) in [6.45, 7) is 2.52. The van der Waals surface area contributed by atoms with E-state index in [1.165, 1.54) is 40.3 Å². The predicted octanol–water partition coefficient (Wildman–Crippen LogP) is 5.84. The smallest absolute Gasteiger partial charge is 0.0974 e. The van der Waals surface area contributed by atoms with Crippen LogP contribution in [0.3, 0.4) is 0 Å². The molecule has 1 aromatic heterocycles. The second kappa shape index (κ2) is 6.08. The van der Waals surface area contributed by atoms with Gasteiger partial charge in [-0.2, -0.15) is 0 Å². The van der Waals surface area contributed by atoms with Gasteiger partial charge in [0.05, 0.1) is 17.3 Å². The molecule has 3 nitrogen and oxygen atoms in total. The number of fused-ring (bicyclic) bond motifs is 2. The molecule has 3 aliphatic carbocycles. The number of aliphatic hydroxyl groups excluding tert-OH is 1. The van der Waals surface area contributed by atoms with Gasteiger partial charge in [-0.3, -0.25) is 4.98 Å². The van der Waals surface area contributed by atoms with Gasteiger partial charge in [0.1, 0.15) is 0 Å². The third-order valence-electron chi connectivity index (χ3n) is 9.72. The molecule has 2 spiro atoms. The number of hydrogen-bond acceptors (Lipinski definition) is 3. The van der Waals surface area contributed by atoms with Crippen LogP contribution in [0.15, 0.2) is 60.0 Å². The molecule has 6 atom stereocenters. The SMILES string of the molecule is C[C@@]12CC=C3C=C4CCC(O)C[C@]45CC[C@]3(O5)C1CCC2c1ccc2ccncc2c1. The number of pyridine rings is 1. The van der Waals surface area contributed by atoms with Crippen LogP contribution in [0.4, 0.5) is 0 Å². The number of allylic oxidation sites excluding steroid dienone is 1. The predicted molar refractivity (Wildman–Crippen MR) is 122 cm³/mol. The van der Waals surface area contributed by atoms with Gasteiger partial charge in [-0.1, -0.05) is 31.2 Å². The molecule has 3 heteroatoms. The molecule has 1 N–H and O–H groups in total. The number of aliphatic hydroxyl groups is 1. The number of benzene rings is 1. The Bertz CT molecular complexity index is 1150. The van der Waals surface area contributed by atoms with Crippen LogP contribution in [0.2, 0.25) is 0 Å². The van der Waals surface area contributed by atoms with E-state index in [1.807, 2.05) is 12.4 Å². The molecule has 3 heterocycles. The van der Waals surface area contributed by atoms with Gasteiger partial charge in [0.2, 0.25) is 0 Å². The van der Waals surface area contributed by atoms with E-state index >= 15 is 0 Å². The van der Waals surface area contributed by atoms with Crippen molar-refractivity contribution in [2.24, 2.45) is 11.3 Å². The van der Waals surface area contributed by atoms with E-state index < -0.39 is 0 Å². The van der Waals surface area contributed by atoms with Crippen molar-refractivity contribution in [1.29, 1.82) is 0 Å². The first-order valence-corrected chi connectivity index (χ1v) is 12.2. The van der Waals surface area contributed by atoms with Gasteiger partial charge in [0.15, 0.2) is 0 Å². The van der Waals surface area contributed by atoms with Crippen LogP contribution in [-0.2, 0) is 4.74 Å². The maximum absolute atomic E-state index is 10.4. The summed E-state index contributed by atoms with van der Waals surface area (Å²) < 4.78 is 7.18. The molecule has 0 amide bonds. The summed E-state index contributed by atoms with van der Waals surface area (Å²) in [4.78, 5) is 4.35. The summed E-state index contributed by atoms with van der Waals surface area (Å²) >= 11 is 0. The molecule has 7 rings (SSSR count). The fourth-order valence-electron chi connectivity index (χ4n) is 8.25. The van der Waals surface area contributed by atoms with Crippen LogP contribution >= 0.6 is 0 Å². The third-order valence-corrected chi connectivity index (χ3v) is 9.72. The molecule has 3 fully saturated rings. The Hall–Kier alpha value is -1.97. The number of rotatable bonds is 1. The molecule has 1 saturated heterocycles. The van der Waals surface area contributed by atoms with Crippen LogP contribution in [0.1, 0.15) is 69.8 Å². The van der Waals surface area contributed by atoms with Crippen molar-refractivity contribution in [3.8, 4) is 0 Å². The Morgan fingerprint density at radius 1 is 1.10 bits per heavy atom. The van der Waals surface area contributed by atoms with E-state index in [9.17, 15) is 5.11 Å². The van der Waals surface area contributed by atoms with E-state index in [0.29, 0.717) is 11.8 Å². The average molecular weight is 414 g/mol. The highest BCUT2D eigenvalue weighted by Gasteiger charge is 2.66. The van der Waals surface area contributed by atoms with E-state index in [2.05, 4.69) is 48.3 Å². The van der Waals surface area contributed by atoms with Gasteiger partial charge in [-0.15, -0.1) is 0 Å². The Kier molecular flexibility index (Phi) is 3.65. The molecule has 1 aromatic carbocycles. The first kappa shape index (κ1) is 18.6. The Labute approximate surface area is 184 Å². The van der Waals surface area contributed by atoms with Crippen molar-refractivity contribution in [1.82, 2.24) is 4.98 Å². The fourth-order valence-corrected chi connectivity index (χ4v) is 8.25. The van der Waals surface area contributed by atoms with Crippen molar-refractivity contribution < 1.29 is 9.84 Å². The number of hydrogen-bond donors (Lipinski definition) is 1. The molecule has 2 saturated carbocycles. The van der Waals surface area contributed by atoms with Crippen molar-refractivity contribution in [2.75, 3.05) is 0 Å². The van der Waals surface area contributed by atoms with Crippen molar-refractivity contribution in [2.45, 2.75) is 81.5 Å². The first-order valence-electron chi connectivity index (χ1n) is 12.2. The van der Waals surface area contributed by atoms with Gasteiger partial charge in [0, 0.05) is 24.2 Å². The van der Waals surface area contributed by atoms with Crippen LogP contribution in [-0.4, -0.2) is 27.4 Å². The monoisotopic (exact) mass is 413 g/mol. The lowest BCUT2D eigenvalue weighted by Gasteiger charge is -2.54. The van der Waals surface area contributed by atoms with Gasteiger partial charge in [-0.05, 0) is 96.4 Å². The molecule has 2 aliphatic heterocycles. The van der Waals surface area contributed by atoms with Crippen LogP contribution < -0.4 is 0 Å². The number of aromatic nitrogens is 1. The Morgan fingerprint density at radius 3 is 2.97 bits per heavy atom. The highest BCUT2D eigenvalue weighted by molar-refractivity contribution is 5.82. The topological polar surface area (TPSA) is 42.4 Å². The summed E-state index contributed by atoms with van der Waals surface area (Å²) in [6.07, 6.45) is 17.1. The molecular formula is C28H31NO2. The minimum atomic E-state index is -0.213. The molecule has 160 valence electrons. The standard InChI is InChI=1S/C28H31NO2/c1-26-10-8-22-15-21-4-5-23(30)16-27(21)11-12-28(22,31-27)25(26)7-6-24(26)19-3-2-18-9-13-29-17-20(18)14-19/h2-3,8-9,13-15,17,23-25,30H,4-7,10-12,16H2,1H3/t23?,24?,25?,26-,27+,28+/m0/s1. The molecule has 5 aliphatic rings. The van der Waals surface area contributed by atoms with Gasteiger partial charge >= 0.3 is 0 Å². The first-order chi connectivity index (χ1) is 15.0. The zero-order valence-corrected chi connectivity index (χ0v) is 18.3. The van der Waals surface area contributed by atoms with Crippen LogP contribution in [0.25, 0.3) is 10.8 Å². The molecule has 2 aromatic rings. The number of nitrogens with zero attached hydrogens (tertiary/aromatic N) is 1. The summed E-state index contributed by atoms with van der Waals surface area (Å²) in [5.41, 5.74) is 4.26. The second-order valence-electron chi connectivity index (χ2n) is 11.1. The highest BCUT2D eigenvalue weighted by Crippen LogP contribution is 2.69. The maximum atomic E-state index is 10.4. The van der Waals surface area contributed by atoms with Crippen LogP contribution in [0.5, 0.6) is 0 Å². The minimum Gasteiger partial charge on any atom is -0.393 e. The average Bonchev–Trinajstić information content (AvgIpc) is 3.28. The largest absolute Gasteiger partial charge is 0.393 e.